The molecule has 1 atom stereocenters. The minimum absolute atomic E-state index is 0.0741. The summed E-state index contributed by atoms with van der Waals surface area (Å²) in [6, 6.07) is 1.97. The molecule has 1 aromatic rings. The summed E-state index contributed by atoms with van der Waals surface area (Å²) >= 11 is 0. The molecule has 0 saturated heterocycles. The van der Waals surface area contributed by atoms with Crippen molar-refractivity contribution < 1.29 is 9.32 Å². The summed E-state index contributed by atoms with van der Waals surface area (Å²) in [4.78, 5) is 13.7. The summed E-state index contributed by atoms with van der Waals surface area (Å²) in [6.07, 6.45) is 2.46. The van der Waals surface area contributed by atoms with Gasteiger partial charge in [0, 0.05) is 19.2 Å². The molecule has 1 unspecified atom stereocenters. The number of hydrogen-bond donors (Lipinski definition) is 0. The van der Waals surface area contributed by atoms with E-state index in [1.807, 2.05) is 14.0 Å². The Kier molecular flexibility index (Phi) is 2.50. The van der Waals surface area contributed by atoms with Crippen LogP contribution >= 0.6 is 0 Å². The van der Waals surface area contributed by atoms with Crippen molar-refractivity contribution in [2.75, 3.05) is 7.05 Å². The van der Waals surface area contributed by atoms with Crippen molar-refractivity contribution >= 4 is 5.91 Å². The molecule has 1 amide bonds. The van der Waals surface area contributed by atoms with E-state index in [-0.39, 0.29) is 5.91 Å². The van der Waals surface area contributed by atoms with Crippen LogP contribution in [-0.4, -0.2) is 29.1 Å². The third-order valence-electron chi connectivity index (χ3n) is 3.07. The van der Waals surface area contributed by atoms with Gasteiger partial charge in [-0.25, -0.2) is 0 Å². The Hall–Kier alpha value is -1.32. The molecule has 4 heteroatoms. The summed E-state index contributed by atoms with van der Waals surface area (Å²) < 4.78 is 4.96. The molecule has 4 nitrogen and oxygen atoms in total. The fourth-order valence-corrected chi connectivity index (χ4v) is 1.72. The summed E-state index contributed by atoms with van der Waals surface area (Å²) in [6.45, 7) is 3.89. The first kappa shape index (κ1) is 10.2. The Morgan fingerprint density at radius 1 is 1.67 bits per heavy atom. The van der Waals surface area contributed by atoms with Gasteiger partial charge in [-0.1, -0.05) is 5.16 Å². The SMILES string of the molecule is Cc1cc(C(=O)N(C)C(C)C2CC2)on1. The first-order valence-corrected chi connectivity index (χ1v) is 5.30. The van der Waals surface area contributed by atoms with Gasteiger partial charge in [-0.15, -0.1) is 0 Å². The predicted octanol–water partition coefficient (Wildman–Crippen LogP) is 1.85. The third kappa shape index (κ3) is 2.03. The van der Waals surface area contributed by atoms with Crippen LogP contribution in [0.1, 0.15) is 36.0 Å². The van der Waals surface area contributed by atoms with Crippen LogP contribution < -0.4 is 0 Å². The predicted molar refractivity (Wildman–Crippen MR) is 55.5 cm³/mol. The number of carbonyl (C=O) groups excluding carboxylic acids is 1. The average molecular weight is 208 g/mol. The van der Waals surface area contributed by atoms with E-state index in [4.69, 9.17) is 4.52 Å². The number of rotatable bonds is 3. The van der Waals surface area contributed by atoms with Gasteiger partial charge in [0.25, 0.3) is 5.91 Å². The van der Waals surface area contributed by atoms with Gasteiger partial charge in [-0.05, 0) is 32.6 Å². The zero-order valence-electron chi connectivity index (χ0n) is 9.36. The second-order valence-electron chi connectivity index (χ2n) is 4.33. The van der Waals surface area contributed by atoms with E-state index in [0.717, 1.165) is 5.69 Å². The first-order valence-electron chi connectivity index (χ1n) is 5.30. The quantitative estimate of drug-likeness (QED) is 0.761. The smallest absolute Gasteiger partial charge is 0.292 e. The van der Waals surface area contributed by atoms with Crippen LogP contribution in [0.5, 0.6) is 0 Å². The molecular weight excluding hydrogens is 192 g/mol. The van der Waals surface area contributed by atoms with Crippen molar-refractivity contribution in [2.24, 2.45) is 5.92 Å². The molecule has 1 aliphatic carbocycles. The molecule has 1 saturated carbocycles. The lowest BCUT2D eigenvalue weighted by Gasteiger charge is -2.23. The molecular formula is C11H16N2O2. The van der Waals surface area contributed by atoms with Gasteiger partial charge in [0.05, 0.1) is 5.69 Å². The molecule has 0 bridgehead atoms. The number of amides is 1. The maximum absolute atomic E-state index is 11.9. The number of aryl methyl sites for hydroxylation is 1. The second kappa shape index (κ2) is 3.68. The summed E-state index contributed by atoms with van der Waals surface area (Å²) in [5.41, 5.74) is 0.742. The van der Waals surface area contributed by atoms with Crippen molar-refractivity contribution in [1.82, 2.24) is 10.1 Å². The number of nitrogens with zero attached hydrogens (tertiary/aromatic N) is 2. The molecule has 1 fully saturated rings. The van der Waals surface area contributed by atoms with E-state index in [1.54, 1.807) is 11.0 Å². The topological polar surface area (TPSA) is 46.3 Å². The van der Waals surface area contributed by atoms with E-state index in [9.17, 15) is 4.79 Å². The lowest BCUT2D eigenvalue weighted by Crippen LogP contribution is -2.36. The van der Waals surface area contributed by atoms with E-state index in [1.165, 1.54) is 12.8 Å². The zero-order chi connectivity index (χ0) is 11.0. The lowest BCUT2D eigenvalue weighted by atomic mass is 10.2. The minimum Gasteiger partial charge on any atom is -0.351 e. The molecule has 0 radical (unpaired) electrons. The fourth-order valence-electron chi connectivity index (χ4n) is 1.72. The van der Waals surface area contributed by atoms with Crippen LogP contribution in [0.25, 0.3) is 0 Å². The van der Waals surface area contributed by atoms with E-state index < -0.39 is 0 Å². The van der Waals surface area contributed by atoms with E-state index in [2.05, 4.69) is 12.1 Å². The maximum atomic E-state index is 11.9. The molecule has 1 aromatic heterocycles. The minimum atomic E-state index is -0.0741. The normalized spacial score (nSPS) is 17.5. The fraction of sp³-hybridized carbons (Fsp3) is 0.636. The summed E-state index contributed by atoms with van der Waals surface area (Å²) in [5, 5.41) is 3.72. The van der Waals surface area contributed by atoms with Crippen molar-refractivity contribution in [3.63, 3.8) is 0 Å². The van der Waals surface area contributed by atoms with Crippen molar-refractivity contribution in [3.8, 4) is 0 Å². The van der Waals surface area contributed by atoms with Gasteiger partial charge in [0.1, 0.15) is 0 Å². The maximum Gasteiger partial charge on any atom is 0.292 e. The van der Waals surface area contributed by atoms with Crippen molar-refractivity contribution in [2.45, 2.75) is 32.7 Å². The molecule has 0 aliphatic heterocycles. The van der Waals surface area contributed by atoms with Crippen LogP contribution in [0.2, 0.25) is 0 Å². The Morgan fingerprint density at radius 3 is 2.80 bits per heavy atom. The summed E-state index contributed by atoms with van der Waals surface area (Å²) in [7, 11) is 1.82. The summed E-state index contributed by atoms with van der Waals surface area (Å²) in [5.74, 6) is 0.931. The van der Waals surface area contributed by atoms with Crippen LogP contribution in [0.15, 0.2) is 10.6 Å². The highest BCUT2D eigenvalue weighted by atomic mass is 16.5. The molecule has 82 valence electrons. The Labute approximate surface area is 89.2 Å². The average Bonchev–Trinajstić information content (AvgIpc) is 2.98. The number of hydrogen-bond acceptors (Lipinski definition) is 3. The van der Waals surface area contributed by atoms with Gasteiger partial charge >= 0.3 is 0 Å². The van der Waals surface area contributed by atoms with Gasteiger partial charge in [-0.2, -0.15) is 0 Å². The van der Waals surface area contributed by atoms with Gasteiger partial charge < -0.3 is 9.42 Å². The highest BCUT2D eigenvalue weighted by Gasteiger charge is 2.33. The monoisotopic (exact) mass is 208 g/mol. The highest BCUT2D eigenvalue weighted by Crippen LogP contribution is 2.35. The molecule has 15 heavy (non-hydrogen) atoms. The second-order valence-corrected chi connectivity index (χ2v) is 4.33. The van der Waals surface area contributed by atoms with Gasteiger partial charge in [0.2, 0.25) is 5.76 Å². The number of aromatic nitrogens is 1. The Morgan fingerprint density at radius 2 is 2.33 bits per heavy atom. The van der Waals surface area contributed by atoms with Crippen LogP contribution in [0.3, 0.4) is 0 Å². The molecule has 1 aliphatic rings. The lowest BCUT2D eigenvalue weighted by molar-refractivity contribution is 0.0685. The largest absolute Gasteiger partial charge is 0.351 e. The van der Waals surface area contributed by atoms with Crippen LogP contribution in [-0.2, 0) is 0 Å². The van der Waals surface area contributed by atoms with E-state index in [0.29, 0.717) is 17.7 Å². The number of carbonyl (C=O) groups is 1. The standard InChI is InChI=1S/C11H16N2O2/c1-7-6-10(15-12-7)11(14)13(3)8(2)9-4-5-9/h6,8-9H,4-5H2,1-3H3. The van der Waals surface area contributed by atoms with Crippen molar-refractivity contribution in [3.05, 3.63) is 17.5 Å². The van der Waals surface area contributed by atoms with E-state index >= 15 is 0 Å². The van der Waals surface area contributed by atoms with Crippen LogP contribution in [0, 0.1) is 12.8 Å². The zero-order valence-corrected chi connectivity index (χ0v) is 9.36. The van der Waals surface area contributed by atoms with Crippen LogP contribution in [0.4, 0.5) is 0 Å². The highest BCUT2D eigenvalue weighted by molar-refractivity contribution is 5.91. The molecule has 0 N–H and O–H groups in total. The first-order chi connectivity index (χ1) is 7.09. The molecule has 0 aromatic carbocycles. The molecule has 1 heterocycles. The Balaban J connectivity index is 2.06. The third-order valence-corrected chi connectivity index (χ3v) is 3.07. The van der Waals surface area contributed by atoms with Gasteiger partial charge in [-0.3, -0.25) is 4.79 Å². The van der Waals surface area contributed by atoms with Crippen molar-refractivity contribution in [1.29, 1.82) is 0 Å². The Bertz CT molecular complexity index is 368. The molecule has 2 rings (SSSR count). The van der Waals surface area contributed by atoms with Gasteiger partial charge in [0.15, 0.2) is 0 Å². The molecule has 0 spiro atoms.